The van der Waals surface area contributed by atoms with Crippen LogP contribution in [0.4, 0.5) is 0 Å². The van der Waals surface area contributed by atoms with Gasteiger partial charge in [0.15, 0.2) is 0 Å². The van der Waals surface area contributed by atoms with E-state index in [1.807, 2.05) is 23.6 Å². The lowest BCUT2D eigenvalue weighted by Crippen LogP contribution is -2.43. The fourth-order valence-electron chi connectivity index (χ4n) is 3.31. The number of pyridine rings is 1. The molecule has 0 aromatic carbocycles. The van der Waals surface area contributed by atoms with E-state index in [-0.39, 0.29) is 23.8 Å². The number of carbonyl (C=O) groups excluding carboxylic acids is 2. The highest BCUT2D eigenvalue weighted by atomic mass is 32.1. The smallest absolute Gasteiger partial charge is 0.261 e. The molecule has 126 valence electrons. The van der Waals surface area contributed by atoms with Crippen LogP contribution >= 0.6 is 11.3 Å². The Hall–Kier alpha value is -2.21. The van der Waals surface area contributed by atoms with Gasteiger partial charge in [0.05, 0.1) is 11.4 Å². The van der Waals surface area contributed by atoms with Gasteiger partial charge >= 0.3 is 0 Å². The molecule has 2 heterocycles. The van der Waals surface area contributed by atoms with Crippen LogP contribution in [0.1, 0.15) is 40.9 Å². The Morgan fingerprint density at radius 1 is 1.12 bits per heavy atom. The number of nitrogens with one attached hydrogen (secondary N) is 2. The van der Waals surface area contributed by atoms with Gasteiger partial charge in [0.1, 0.15) is 0 Å². The van der Waals surface area contributed by atoms with E-state index in [1.165, 1.54) is 29.7 Å². The van der Waals surface area contributed by atoms with Gasteiger partial charge in [-0.15, -0.1) is 11.3 Å². The number of rotatable bonds is 6. The Labute approximate surface area is 145 Å². The first-order valence-electron chi connectivity index (χ1n) is 8.19. The first-order valence-corrected chi connectivity index (χ1v) is 9.06. The SMILES string of the molecule is O=C(CNC(=O)c1cccs1)NCC1(c2ccncc2)CCCC1. The van der Waals surface area contributed by atoms with Crippen molar-refractivity contribution < 1.29 is 9.59 Å². The van der Waals surface area contributed by atoms with Crippen molar-refractivity contribution in [2.45, 2.75) is 31.1 Å². The molecule has 1 aliphatic rings. The summed E-state index contributed by atoms with van der Waals surface area (Å²) >= 11 is 1.36. The molecule has 1 saturated carbocycles. The summed E-state index contributed by atoms with van der Waals surface area (Å²) in [6, 6.07) is 7.64. The third-order valence-electron chi connectivity index (χ3n) is 4.63. The Balaban J connectivity index is 1.53. The lowest BCUT2D eigenvalue weighted by molar-refractivity contribution is -0.120. The Morgan fingerprint density at radius 2 is 1.88 bits per heavy atom. The van der Waals surface area contributed by atoms with Crippen molar-refractivity contribution in [2.75, 3.05) is 13.1 Å². The molecule has 0 bridgehead atoms. The van der Waals surface area contributed by atoms with Gasteiger partial charge in [-0.25, -0.2) is 0 Å². The monoisotopic (exact) mass is 343 g/mol. The molecule has 2 aromatic rings. The van der Waals surface area contributed by atoms with Gasteiger partial charge in [-0.1, -0.05) is 18.9 Å². The second kappa shape index (κ2) is 7.57. The van der Waals surface area contributed by atoms with E-state index in [2.05, 4.69) is 15.6 Å². The molecule has 24 heavy (non-hydrogen) atoms. The molecule has 3 rings (SSSR count). The third-order valence-corrected chi connectivity index (χ3v) is 5.50. The first-order chi connectivity index (χ1) is 11.7. The van der Waals surface area contributed by atoms with Crippen LogP contribution in [-0.2, 0) is 10.2 Å². The molecule has 5 nitrogen and oxygen atoms in total. The molecule has 0 atom stereocenters. The van der Waals surface area contributed by atoms with Crippen molar-refractivity contribution in [3.05, 3.63) is 52.5 Å². The minimum Gasteiger partial charge on any atom is -0.354 e. The van der Waals surface area contributed by atoms with E-state index >= 15 is 0 Å². The fourth-order valence-corrected chi connectivity index (χ4v) is 3.95. The molecular formula is C18H21N3O2S. The van der Waals surface area contributed by atoms with E-state index in [0.717, 1.165) is 12.8 Å². The van der Waals surface area contributed by atoms with E-state index in [4.69, 9.17) is 0 Å². The van der Waals surface area contributed by atoms with Crippen LogP contribution in [-0.4, -0.2) is 29.9 Å². The summed E-state index contributed by atoms with van der Waals surface area (Å²) in [6.07, 6.45) is 8.09. The predicted molar refractivity (Wildman–Crippen MR) is 94.0 cm³/mol. The predicted octanol–water partition coefficient (Wildman–Crippen LogP) is 2.50. The van der Waals surface area contributed by atoms with Gasteiger partial charge < -0.3 is 10.6 Å². The maximum absolute atomic E-state index is 12.1. The average molecular weight is 343 g/mol. The number of thiophene rings is 1. The van der Waals surface area contributed by atoms with Gasteiger partial charge in [-0.2, -0.15) is 0 Å². The maximum atomic E-state index is 12.1. The van der Waals surface area contributed by atoms with Gasteiger partial charge in [0.2, 0.25) is 5.91 Å². The van der Waals surface area contributed by atoms with E-state index in [0.29, 0.717) is 11.4 Å². The summed E-state index contributed by atoms with van der Waals surface area (Å²) in [6.45, 7) is 0.605. The molecule has 2 N–H and O–H groups in total. The summed E-state index contributed by atoms with van der Waals surface area (Å²) in [5.41, 5.74) is 1.23. The number of aromatic nitrogens is 1. The normalized spacial score (nSPS) is 15.8. The number of nitrogens with zero attached hydrogens (tertiary/aromatic N) is 1. The quantitative estimate of drug-likeness (QED) is 0.846. The number of hydrogen-bond donors (Lipinski definition) is 2. The van der Waals surface area contributed by atoms with Gasteiger partial charge in [0, 0.05) is 24.4 Å². The zero-order valence-corrected chi connectivity index (χ0v) is 14.3. The van der Waals surface area contributed by atoms with Crippen LogP contribution in [0.5, 0.6) is 0 Å². The highest BCUT2D eigenvalue weighted by Gasteiger charge is 2.35. The molecule has 0 radical (unpaired) electrons. The molecule has 0 aliphatic heterocycles. The highest BCUT2D eigenvalue weighted by molar-refractivity contribution is 7.12. The van der Waals surface area contributed by atoms with Crippen molar-refractivity contribution in [3.8, 4) is 0 Å². The summed E-state index contributed by atoms with van der Waals surface area (Å²) in [7, 11) is 0. The third kappa shape index (κ3) is 3.82. The second-order valence-corrected chi connectivity index (χ2v) is 7.11. The molecule has 0 spiro atoms. The van der Waals surface area contributed by atoms with Gasteiger partial charge in [0.25, 0.3) is 5.91 Å². The van der Waals surface area contributed by atoms with Crippen LogP contribution in [0.15, 0.2) is 42.0 Å². The second-order valence-electron chi connectivity index (χ2n) is 6.16. The maximum Gasteiger partial charge on any atom is 0.261 e. The molecule has 1 aliphatic carbocycles. The zero-order valence-electron chi connectivity index (χ0n) is 13.5. The van der Waals surface area contributed by atoms with Crippen LogP contribution < -0.4 is 10.6 Å². The fraction of sp³-hybridized carbons (Fsp3) is 0.389. The summed E-state index contributed by atoms with van der Waals surface area (Å²) in [5.74, 6) is -0.356. The summed E-state index contributed by atoms with van der Waals surface area (Å²) in [4.78, 5) is 28.7. The Morgan fingerprint density at radius 3 is 2.54 bits per heavy atom. The molecular weight excluding hydrogens is 322 g/mol. The summed E-state index contributed by atoms with van der Waals surface area (Å²) in [5, 5.41) is 7.50. The number of amides is 2. The number of hydrogen-bond acceptors (Lipinski definition) is 4. The standard InChI is InChI=1S/C18H21N3O2S/c22-16(12-20-17(23)15-4-3-11-24-15)21-13-18(7-1-2-8-18)14-5-9-19-10-6-14/h3-6,9-11H,1-2,7-8,12-13H2,(H,20,23)(H,21,22). The van der Waals surface area contributed by atoms with Crippen molar-refractivity contribution >= 4 is 23.2 Å². The first kappa shape index (κ1) is 16.6. The van der Waals surface area contributed by atoms with E-state index in [1.54, 1.807) is 18.5 Å². The minimum atomic E-state index is -0.204. The van der Waals surface area contributed by atoms with Crippen molar-refractivity contribution in [1.29, 1.82) is 0 Å². The van der Waals surface area contributed by atoms with Crippen molar-refractivity contribution in [1.82, 2.24) is 15.6 Å². The van der Waals surface area contributed by atoms with Crippen LogP contribution in [0.2, 0.25) is 0 Å². The number of carbonyl (C=O) groups is 2. The molecule has 1 fully saturated rings. The van der Waals surface area contributed by atoms with Gasteiger partial charge in [-0.05, 0) is 42.0 Å². The lowest BCUT2D eigenvalue weighted by Gasteiger charge is -2.29. The van der Waals surface area contributed by atoms with Crippen molar-refractivity contribution in [2.24, 2.45) is 0 Å². The van der Waals surface area contributed by atoms with E-state index < -0.39 is 0 Å². The Bertz CT molecular complexity index is 680. The highest BCUT2D eigenvalue weighted by Crippen LogP contribution is 2.40. The summed E-state index contributed by atoms with van der Waals surface area (Å²) < 4.78 is 0. The lowest BCUT2D eigenvalue weighted by atomic mass is 9.79. The largest absolute Gasteiger partial charge is 0.354 e. The molecule has 2 aromatic heterocycles. The molecule has 2 amide bonds. The van der Waals surface area contributed by atoms with Crippen LogP contribution in [0, 0.1) is 0 Å². The minimum absolute atomic E-state index is 0.00313. The van der Waals surface area contributed by atoms with Crippen molar-refractivity contribution in [3.63, 3.8) is 0 Å². The van der Waals surface area contributed by atoms with Crippen LogP contribution in [0.3, 0.4) is 0 Å². The van der Waals surface area contributed by atoms with Crippen LogP contribution in [0.25, 0.3) is 0 Å². The molecule has 6 heteroatoms. The average Bonchev–Trinajstić information content (AvgIpc) is 3.31. The Kier molecular flexibility index (Phi) is 5.25. The van der Waals surface area contributed by atoms with E-state index in [9.17, 15) is 9.59 Å². The van der Waals surface area contributed by atoms with Gasteiger partial charge in [-0.3, -0.25) is 14.6 Å². The molecule has 0 saturated heterocycles. The zero-order chi connectivity index (χ0) is 16.8. The molecule has 0 unspecified atom stereocenters. The topological polar surface area (TPSA) is 71.1 Å².